The molecule has 0 aliphatic carbocycles. The SMILES string of the molecule is CCCCCCCCCCc1ccc(-c2noc(C[C@H]3CCN(C(=N)N)C3)n2)cc1.Cl. The number of aryl methyl sites for hydroxylation is 1. The molecule has 31 heavy (non-hydrogen) atoms. The minimum absolute atomic E-state index is 0. The third-order valence-corrected chi connectivity index (χ3v) is 6.09. The number of nitrogens with zero attached hydrogens (tertiary/aromatic N) is 3. The number of nitrogens with one attached hydrogen (secondary N) is 1. The summed E-state index contributed by atoms with van der Waals surface area (Å²) in [5, 5.41) is 11.7. The fourth-order valence-electron chi connectivity index (χ4n) is 4.20. The second-order valence-corrected chi connectivity index (χ2v) is 8.62. The molecule has 1 fully saturated rings. The summed E-state index contributed by atoms with van der Waals surface area (Å²) in [6.45, 7) is 3.89. The van der Waals surface area contributed by atoms with Crippen molar-refractivity contribution in [1.82, 2.24) is 15.0 Å². The van der Waals surface area contributed by atoms with E-state index in [9.17, 15) is 0 Å². The average molecular weight is 448 g/mol. The quantitative estimate of drug-likeness (QED) is 0.251. The predicted octanol–water partition coefficient (Wildman–Crippen LogP) is 5.60. The van der Waals surface area contributed by atoms with Gasteiger partial charge in [0.2, 0.25) is 11.7 Å². The van der Waals surface area contributed by atoms with Gasteiger partial charge in [0.25, 0.3) is 0 Å². The van der Waals surface area contributed by atoms with Crippen molar-refractivity contribution < 1.29 is 4.52 Å². The lowest BCUT2D eigenvalue weighted by molar-refractivity contribution is 0.353. The van der Waals surface area contributed by atoms with Crippen molar-refractivity contribution in [1.29, 1.82) is 5.41 Å². The van der Waals surface area contributed by atoms with Crippen LogP contribution < -0.4 is 5.73 Å². The number of unbranched alkanes of at least 4 members (excludes halogenated alkanes) is 7. The molecule has 0 spiro atoms. The molecule has 2 heterocycles. The number of benzene rings is 1. The van der Waals surface area contributed by atoms with Crippen molar-refractivity contribution in [2.24, 2.45) is 11.7 Å². The van der Waals surface area contributed by atoms with Crippen molar-refractivity contribution in [2.45, 2.75) is 77.6 Å². The highest BCUT2D eigenvalue weighted by Crippen LogP contribution is 2.22. The minimum atomic E-state index is 0. The van der Waals surface area contributed by atoms with E-state index in [1.165, 1.54) is 56.9 Å². The summed E-state index contributed by atoms with van der Waals surface area (Å²) in [4.78, 5) is 6.48. The van der Waals surface area contributed by atoms with Gasteiger partial charge in [-0.1, -0.05) is 81.3 Å². The number of likely N-dealkylation sites (tertiary alicyclic amines) is 1. The van der Waals surface area contributed by atoms with Crippen molar-refractivity contribution in [3.05, 3.63) is 35.7 Å². The van der Waals surface area contributed by atoms with Crippen LogP contribution in [-0.4, -0.2) is 34.1 Å². The summed E-state index contributed by atoms with van der Waals surface area (Å²) in [7, 11) is 0. The van der Waals surface area contributed by atoms with Crippen LogP contribution in [0, 0.1) is 11.3 Å². The van der Waals surface area contributed by atoms with Crippen LogP contribution >= 0.6 is 12.4 Å². The highest BCUT2D eigenvalue weighted by atomic mass is 35.5. The Morgan fingerprint density at radius 1 is 1.10 bits per heavy atom. The van der Waals surface area contributed by atoms with E-state index in [0.29, 0.717) is 17.6 Å². The zero-order chi connectivity index (χ0) is 21.2. The highest BCUT2D eigenvalue weighted by Gasteiger charge is 2.25. The van der Waals surface area contributed by atoms with E-state index in [4.69, 9.17) is 15.7 Å². The lowest BCUT2D eigenvalue weighted by atomic mass is 10.0. The van der Waals surface area contributed by atoms with Crippen LogP contribution in [0.1, 0.15) is 76.2 Å². The van der Waals surface area contributed by atoms with Gasteiger partial charge in [-0.15, -0.1) is 12.4 Å². The molecule has 0 saturated carbocycles. The fraction of sp³-hybridized carbons (Fsp3) is 0.625. The largest absolute Gasteiger partial charge is 0.370 e. The van der Waals surface area contributed by atoms with E-state index in [1.807, 2.05) is 4.90 Å². The van der Waals surface area contributed by atoms with Gasteiger partial charge in [0, 0.05) is 25.1 Å². The number of hydrogen-bond donors (Lipinski definition) is 2. The maximum atomic E-state index is 7.54. The normalized spacial score (nSPS) is 15.8. The molecule has 3 N–H and O–H groups in total. The van der Waals surface area contributed by atoms with E-state index in [-0.39, 0.29) is 18.4 Å². The lowest BCUT2D eigenvalue weighted by Gasteiger charge is -2.14. The van der Waals surface area contributed by atoms with E-state index < -0.39 is 0 Å². The van der Waals surface area contributed by atoms with E-state index >= 15 is 0 Å². The van der Waals surface area contributed by atoms with Crippen LogP contribution in [0.15, 0.2) is 28.8 Å². The molecule has 1 aromatic heterocycles. The molecular formula is C24H38ClN5O. The summed E-state index contributed by atoms with van der Waals surface area (Å²) in [6, 6.07) is 8.58. The molecule has 0 bridgehead atoms. The molecule has 1 aliphatic rings. The number of nitrogens with two attached hydrogens (primary N) is 1. The molecular weight excluding hydrogens is 410 g/mol. The van der Waals surface area contributed by atoms with Crippen LogP contribution in [0.3, 0.4) is 0 Å². The summed E-state index contributed by atoms with van der Waals surface area (Å²) in [5.74, 6) is 1.89. The Morgan fingerprint density at radius 2 is 1.77 bits per heavy atom. The van der Waals surface area contributed by atoms with Gasteiger partial charge >= 0.3 is 0 Å². The third-order valence-electron chi connectivity index (χ3n) is 6.09. The summed E-state index contributed by atoms with van der Waals surface area (Å²) < 4.78 is 5.47. The topological polar surface area (TPSA) is 92.0 Å². The smallest absolute Gasteiger partial charge is 0.227 e. The van der Waals surface area contributed by atoms with Crippen LogP contribution in [0.2, 0.25) is 0 Å². The van der Waals surface area contributed by atoms with Gasteiger partial charge in [0.1, 0.15) is 0 Å². The molecule has 3 rings (SSSR count). The van der Waals surface area contributed by atoms with Crippen LogP contribution in [0.4, 0.5) is 0 Å². The molecule has 1 aliphatic heterocycles. The van der Waals surface area contributed by atoms with Crippen molar-refractivity contribution in [3.8, 4) is 11.4 Å². The molecule has 7 heteroatoms. The first-order chi connectivity index (χ1) is 14.7. The Labute approximate surface area is 192 Å². The Bertz CT molecular complexity index is 777. The molecule has 2 aromatic rings. The molecule has 172 valence electrons. The number of hydrogen-bond acceptors (Lipinski definition) is 4. The number of rotatable bonds is 12. The zero-order valence-electron chi connectivity index (χ0n) is 18.8. The number of guanidine groups is 1. The molecule has 6 nitrogen and oxygen atoms in total. The van der Waals surface area contributed by atoms with E-state index in [2.05, 4.69) is 41.3 Å². The highest BCUT2D eigenvalue weighted by molar-refractivity contribution is 5.85. The van der Waals surface area contributed by atoms with Gasteiger partial charge in [-0.3, -0.25) is 5.41 Å². The molecule has 1 aromatic carbocycles. The van der Waals surface area contributed by atoms with Gasteiger partial charge in [0.15, 0.2) is 5.96 Å². The van der Waals surface area contributed by atoms with Gasteiger partial charge in [0.05, 0.1) is 0 Å². The standard InChI is InChI=1S/C24H37N5O.ClH/c1-2-3-4-5-6-7-8-9-10-19-11-13-21(14-12-19)23-27-22(30-28-23)17-20-15-16-29(18-20)24(25)26;/h11-14,20H,2-10,15-18H2,1H3,(H3,25,26);1H/t20-;/m1./s1. The van der Waals surface area contributed by atoms with Crippen molar-refractivity contribution in [3.63, 3.8) is 0 Å². The van der Waals surface area contributed by atoms with Crippen molar-refractivity contribution in [2.75, 3.05) is 13.1 Å². The molecule has 0 radical (unpaired) electrons. The Balaban J connectivity index is 0.00000341. The van der Waals surface area contributed by atoms with Crippen LogP contribution in [0.5, 0.6) is 0 Å². The predicted molar refractivity (Wildman–Crippen MR) is 129 cm³/mol. The number of aromatic nitrogens is 2. The first-order valence-corrected chi connectivity index (χ1v) is 11.7. The maximum absolute atomic E-state index is 7.54. The molecule has 0 unspecified atom stereocenters. The summed E-state index contributed by atoms with van der Waals surface area (Å²) in [6.07, 6.45) is 13.7. The average Bonchev–Trinajstić information content (AvgIpc) is 3.41. The third kappa shape index (κ3) is 8.17. The summed E-state index contributed by atoms with van der Waals surface area (Å²) in [5.41, 5.74) is 7.95. The lowest BCUT2D eigenvalue weighted by Crippen LogP contribution is -2.34. The van der Waals surface area contributed by atoms with E-state index in [1.54, 1.807) is 0 Å². The number of halogens is 1. The van der Waals surface area contributed by atoms with Crippen molar-refractivity contribution >= 4 is 18.4 Å². The summed E-state index contributed by atoms with van der Waals surface area (Å²) >= 11 is 0. The van der Waals surface area contributed by atoms with Gasteiger partial charge in [-0.2, -0.15) is 4.98 Å². The monoisotopic (exact) mass is 447 g/mol. The molecule has 1 atom stereocenters. The van der Waals surface area contributed by atoms with Gasteiger partial charge in [-0.25, -0.2) is 0 Å². The van der Waals surface area contributed by atoms with Gasteiger partial charge in [-0.05, 0) is 30.7 Å². The molecule has 0 amide bonds. The van der Waals surface area contributed by atoms with Gasteiger partial charge < -0.3 is 15.2 Å². The molecule has 1 saturated heterocycles. The second kappa shape index (κ2) is 13.4. The Hall–Kier alpha value is -2.08. The van der Waals surface area contributed by atoms with E-state index in [0.717, 1.165) is 37.9 Å². The Kier molecular flexibility index (Phi) is 10.9. The fourth-order valence-corrected chi connectivity index (χ4v) is 4.20. The zero-order valence-corrected chi connectivity index (χ0v) is 19.6. The first kappa shape index (κ1) is 25.2. The maximum Gasteiger partial charge on any atom is 0.227 e. The minimum Gasteiger partial charge on any atom is -0.370 e. The first-order valence-electron chi connectivity index (χ1n) is 11.7. The Morgan fingerprint density at radius 3 is 2.42 bits per heavy atom. The van der Waals surface area contributed by atoms with Crippen LogP contribution in [0.25, 0.3) is 11.4 Å². The second-order valence-electron chi connectivity index (χ2n) is 8.62. The van der Waals surface area contributed by atoms with Crippen LogP contribution in [-0.2, 0) is 12.8 Å².